The number of rotatable bonds is 3. The molecule has 0 aliphatic heterocycles. The summed E-state index contributed by atoms with van der Waals surface area (Å²) in [7, 11) is 1.64. The number of benzene rings is 1. The third-order valence-electron chi connectivity index (χ3n) is 2.49. The van der Waals surface area contributed by atoms with Gasteiger partial charge in [0.05, 0.1) is 17.3 Å². The lowest BCUT2D eigenvalue weighted by Crippen LogP contribution is -1.98. The van der Waals surface area contributed by atoms with Crippen molar-refractivity contribution in [2.75, 3.05) is 18.2 Å². The number of ether oxygens (including phenoxy) is 1. The highest BCUT2D eigenvalue weighted by Gasteiger charge is 2.06. The lowest BCUT2D eigenvalue weighted by Gasteiger charge is -1.99. The zero-order chi connectivity index (χ0) is 13.2. The number of hydrogen-bond acceptors (Lipinski definition) is 7. The number of aromatic nitrogens is 3. The summed E-state index contributed by atoms with van der Waals surface area (Å²) < 4.78 is 6.22. The second-order valence-electron chi connectivity index (χ2n) is 3.78. The second-order valence-corrected chi connectivity index (χ2v) is 4.81. The maximum atomic E-state index is 5.60. The number of methoxy groups -OCH3 is 1. The minimum atomic E-state index is 0.417. The van der Waals surface area contributed by atoms with E-state index in [2.05, 4.69) is 20.3 Å². The van der Waals surface area contributed by atoms with Crippen molar-refractivity contribution in [2.24, 2.45) is 0 Å². The molecule has 0 aliphatic carbocycles. The van der Waals surface area contributed by atoms with Gasteiger partial charge >= 0.3 is 0 Å². The van der Waals surface area contributed by atoms with Crippen molar-refractivity contribution in [3.05, 3.63) is 30.5 Å². The average molecular weight is 273 g/mol. The number of fused-ring (bicyclic) bond motifs is 1. The maximum absolute atomic E-state index is 5.60. The zero-order valence-corrected chi connectivity index (χ0v) is 10.9. The van der Waals surface area contributed by atoms with Crippen LogP contribution in [0.4, 0.5) is 16.9 Å². The molecule has 3 N–H and O–H groups in total. The number of hydrogen-bond donors (Lipinski definition) is 2. The van der Waals surface area contributed by atoms with Gasteiger partial charge < -0.3 is 10.5 Å². The van der Waals surface area contributed by atoms with Crippen LogP contribution in [0.25, 0.3) is 10.2 Å². The standard InChI is InChI=1S/C12H11N5OS/c1-18-7-2-3-8-9(6-7)19-12(15-8)17-11-14-5-4-10(13)16-11/h2-6H,1H3,(H3,13,14,15,16,17). The molecule has 0 saturated heterocycles. The Balaban J connectivity index is 1.93. The quantitative estimate of drug-likeness (QED) is 0.762. The minimum Gasteiger partial charge on any atom is -0.497 e. The molecule has 6 nitrogen and oxygen atoms in total. The molecule has 19 heavy (non-hydrogen) atoms. The van der Waals surface area contributed by atoms with Gasteiger partial charge in [0.2, 0.25) is 5.95 Å². The molecule has 0 bridgehead atoms. The fraction of sp³-hybridized carbons (Fsp3) is 0.0833. The van der Waals surface area contributed by atoms with E-state index in [-0.39, 0.29) is 0 Å². The predicted molar refractivity (Wildman–Crippen MR) is 75.9 cm³/mol. The van der Waals surface area contributed by atoms with Crippen LogP contribution in [-0.4, -0.2) is 22.1 Å². The molecule has 0 fully saturated rings. The first-order valence-corrected chi connectivity index (χ1v) is 6.36. The van der Waals surface area contributed by atoms with Gasteiger partial charge in [-0.1, -0.05) is 11.3 Å². The van der Waals surface area contributed by atoms with Crippen molar-refractivity contribution in [1.82, 2.24) is 15.0 Å². The Morgan fingerprint density at radius 2 is 2.16 bits per heavy atom. The monoisotopic (exact) mass is 273 g/mol. The van der Waals surface area contributed by atoms with E-state index in [1.807, 2.05) is 18.2 Å². The van der Waals surface area contributed by atoms with E-state index < -0.39 is 0 Å². The molecule has 0 radical (unpaired) electrons. The highest BCUT2D eigenvalue weighted by atomic mass is 32.1. The number of nitrogen functional groups attached to an aromatic ring is 1. The van der Waals surface area contributed by atoms with E-state index in [1.165, 1.54) is 11.3 Å². The van der Waals surface area contributed by atoms with Gasteiger partial charge in [-0.05, 0) is 24.3 Å². The van der Waals surface area contributed by atoms with Crippen LogP contribution in [0.1, 0.15) is 0 Å². The Kier molecular flexibility index (Phi) is 2.88. The van der Waals surface area contributed by atoms with Crippen LogP contribution in [0.15, 0.2) is 30.5 Å². The summed E-state index contributed by atoms with van der Waals surface area (Å²) in [6.45, 7) is 0. The van der Waals surface area contributed by atoms with Gasteiger partial charge in [-0.25, -0.2) is 9.97 Å². The van der Waals surface area contributed by atoms with E-state index in [0.29, 0.717) is 16.9 Å². The molecule has 0 spiro atoms. The van der Waals surface area contributed by atoms with Crippen molar-refractivity contribution < 1.29 is 4.74 Å². The molecule has 0 amide bonds. The van der Waals surface area contributed by atoms with Gasteiger partial charge in [0.1, 0.15) is 11.6 Å². The molecular weight excluding hydrogens is 262 g/mol. The number of thiazole rings is 1. The first kappa shape index (κ1) is 11.7. The van der Waals surface area contributed by atoms with Crippen molar-refractivity contribution in [3.63, 3.8) is 0 Å². The van der Waals surface area contributed by atoms with Crippen LogP contribution in [0.2, 0.25) is 0 Å². The fourth-order valence-electron chi connectivity index (χ4n) is 1.61. The summed E-state index contributed by atoms with van der Waals surface area (Å²) >= 11 is 1.50. The largest absolute Gasteiger partial charge is 0.497 e. The van der Waals surface area contributed by atoms with Crippen molar-refractivity contribution in [1.29, 1.82) is 0 Å². The minimum absolute atomic E-state index is 0.417. The van der Waals surface area contributed by atoms with E-state index in [0.717, 1.165) is 16.0 Å². The summed E-state index contributed by atoms with van der Waals surface area (Å²) in [5, 5.41) is 3.75. The number of anilines is 3. The Morgan fingerprint density at radius 3 is 2.95 bits per heavy atom. The topological polar surface area (TPSA) is 86.0 Å². The number of nitrogens with two attached hydrogens (primary N) is 1. The number of nitrogens with one attached hydrogen (secondary N) is 1. The lowest BCUT2D eigenvalue weighted by atomic mass is 10.3. The predicted octanol–water partition coefficient (Wildman–Crippen LogP) is 2.42. The van der Waals surface area contributed by atoms with E-state index in [4.69, 9.17) is 10.5 Å². The highest BCUT2D eigenvalue weighted by Crippen LogP contribution is 2.30. The molecule has 3 aromatic rings. The van der Waals surface area contributed by atoms with Crippen LogP contribution < -0.4 is 15.8 Å². The Bertz CT molecular complexity index is 727. The first-order valence-electron chi connectivity index (χ1n) is 5.55. The third kappa shape index (κ3) is 2.41. The van der Waals surface area contributed by atoms with Crippen LogP contribution >= 0.6 is 11.3 Å². The molecule has 2 heterocycles. The van der Waals surface area contributed by atoms with Gasteiger partial charge in [-0.15, -0.1) is 0 Å². The van der Waals surface area contributed by atoms with E-state index in [9.17, 15) is 0 Å². The summed E-state index contributed by atoms with van der Waals surface area (Å²) in [6.07, 6.45) is 1.60. The van der Waals surface area contributed by atoms with Crippen molar-refractivity contribution in [2.45, 2.75) is 0 Å². The highest BCUT2D eigenvalue weighted by molar-refractivity contribution is 7.22. The normalized spacial score (nSPS) is 10.6. The van der Waals surface area contributed by atoms with Crippen LogP contribution in [0, 0.1) is 0 Å². The first-order chi connectivity index (χ1) is 9.24. The van der Waals surface area contributed by atoms with E-state index >= 15 is 0 Å². The Morgan fingerprint density at radius 1 is 1.26 bits per heavy atom. The van der Waals surface area contributed by atoms with Gasteiger partial charge in [0.15, 0.2) is 5.13 Å². The summed E-state index contributed by atoms with van der Waals surface area (Å²) in [6, 6.07) is 7.37. The molecule has 7 heteroatoms. The molecule has 1 aromatic carbocycles. The lowest BCUT2D eigenvalue weighted by molar-refractivity contribution is 0.415. The molecule has 96 valence electrons. The zero-order valence-electron chi connectivity index (χ0n) is 10.1. The van der Waals surface area contributed by atoms with Gasteiger partial charge in [0, 0.05) is 6.20 Å². The molecular formula is C12H11N5OS. The maximum Gasteiger partial charge on any atom is 0.230 e. The molecule has 0 unspecified atom stereocenters. The smallest absolute Gasteiger partial charge is 0.230 e. The second kappa shape index (κ2) is 4.69. The molecule has 3 rings (SSSR count). The number of nitrogens with zero attached hydrogens (tertiary/aromatic N) is 3. The third-order valence-corrected chi connectivity index (χ3v) is 3.43. The molecule has 0 atom stereocenters. The van der Waals surface area contributed by atoms with E-state index in [1.54, 1.807) is 19.4 Å². The molecule has 0 saturated carbocycles. The molecule has 2 aromatic heterocycles. The SMILES string of the molecule is COc1ccc2nc(Nc3nccc(N)n3)sc2c1. The summed E-state index contributed by atoms with van der Waals surface area (Å²) in [5.74, 6) is 1.66. The van der Waals surface area contributed by atoms with Crippen LogP contribution in [0.5, 0.6) is 5.75 Å². The average Bonchev–Trinajstić information content (AvgIpc) is 2.79. The summed E-state index contributed by atoms with van der Waals surface area (Å²) in [4.78, 5) is 12.6. The van der Waals surface area contributed by atoms with Crippen molar-refractivity contribution in [3.8, 4) is 5.75 Å². The fourth-order valence-corrected chi connectivity index (χ4v) is 2.50. The van der Waals surface area contributed by atoms with Gasteiger partial charge in [-0.2, -0.15) is 4.98 Å². The molecule has 0 aliphatic rings. The summed E-state index contributed by atoms with van der Waals surface area (Å²) in [5.41, 5.74) is 6.50. The van der Waals surface area contributed by atoms with Gasteiger partial charge in [-0.3, -0.25) is 5.32 Å². The Hall–Kier alpha value is -2.41. The van der Waals surface area contributed by atoms with Crippen LogP contribution in [0.3, 0.4) is 0 Å². The van der Waals surface area contributed by atoms with Gasteiger partial charge in [0.25, 0.3) is 0 Å². The van der Waals surface area contributed by atoms with Crippen molar-refractivity contribution >= 4 is 38.5 Å². The Labute approximate surface area is 113 Å². The van der Waals surface area contributed by atoms with Crippen LogP contribution in [-0.2, 0) is 0 Å².